The third kappa shape index (κ3) is 2.18. The van der Waals surface area contributed by atoms with Gasteiger partial charge in [-0.15, -0.1) is 0 Å². The minimum Gasteiger partial charge on any atom is -0.454 e. The molecule has 0 aliphatic carbocycles. The van der Waals surface area contributed by atoms with Gasteiger partial charge in [-0.25, -0.2) is 0 Å². The lowest BCUT2D eigenvalue weighted by Gasteiger charge is -2.20. The third-order valence-corrected chi connectivity index (χ3v) is 3.56. The average Bonchev–Trinajstić information content (AvgIpc) is 2.59. The van der Waals surface area contributed by atoms with Crippen LogP contribution >= 0.6 is 15.9 Å². The fourth-order valence-corrected chi connectivity index (χ4v) is 2.38. The van der Waals surface area contributed by atoms with Crippen LogP contribution in [-0.2, 0) is 6.42 Å². The summed E-state index contributed by atoms with van der Waals surface area (Å²) in [6.45, 7) is 6.39. The van der Waals surface area contributed by atoms with Gasteiger partial charge in [-0.05, 0) is 60.3 Å². The van der Waals surface area contributed by atoms with Crippen molar-refractivity contribution >= 4 is 15.9 Å². The average molecular weight is 286 g/mol. The van der Waals surface area contributed by atoms with Crippen LogP contribution in [0.25, 0.3) is 0 Å². The molecule has 3 nitrogen and oxygen atoms in total. The van der Waals surface area contributed by atoms with E-state index in [1.807, 2.05) is 19.9 Å². The first-order valence-corrected chi connectivity index (χ1v) is 6.04. The lowest BCUT2D eigenvalue weighted by molar-refractivity contribution is 0.173. The van der Waals surface area contributed by atoms with Crippen LogP contribution < -0.4 is 15.2 Å². The van der Waals surface area contributed by atoms with Gasteiger partial charge in [0.05, 0.1) is 4.47 Å². The van der Waals surface area contributed by atoms with Crippen molar-refractivity contribution in [1.29, 1.82) is 0 Å². The van der Waals surface area contributed by atoms with Crippen molar-refractivity contribution in [2.24, 2.45) is 5.73 Å². The second-order valence-corrected chi connectivity index (χ2v) is 5.67. The number of halogens is 1. The van der Waals surface area contributed by atoms with Crippen LogP contribution in [0.2, 0.25) is 0 Å². The molecule has 0 spiro atoms. The summed E-state index contributed by atoms with van der Waals surface area (Å²) in [5, 5.41) is 0. The Morgan fingerprint density at radius 3 is 2.75 bits per heavy atom. The lowest BCUT2D eigenvalue weighted by Crippen LogP contribution is -2.34. The molecule has 0 atom stereocenters. The Morgan fingerprint density at radius 1 is 1.44 bits per heavy atom. The van der Waals surface area contributed by atoms with Crippen LogP contribution in [0, 0.1) is 6.92 Å². The summed E-state index contributed by atoms with van der Waals surface area (Å²) in [7, 11) is 0. The molecule has 1 aromatic carbocycles. The van der Waals surface area contributed by atoms with Crippen molar-refractivity contribution in [3.8, 4) is 11.5 Å². The first kappa shape index (κ1) is 11.7. The highest BCUT2D eigenvalue weighted by Crippen LogP contribution is 2.43. The molecule has 0 saturated heterocycles. The molecule has 88 valence electrons. The van der Waals surface area contributed by atoms with E-state index in [0.717, 1.165) is 22.4 Å². The molecule has 1 aliphatic heterocycles. The minimum atomic E-state index is -0.224. The van der Waals surface area contributed by atoms with E-state index in [9.17, 15) is 0 Å². The van der Waals surface area contributed by atoms with E-state index in [1.165, 1.54) is 11.1 Å². The van der Waals surface area contributed by atoms with Crippen LogP contribution in [0.15, 0.2) is 10.5 Å². The second-order valence-electron chi connectivity index (χ2n) is 4.87. The van der Waals surface area contributed by atoms with Crippen LogP contribution in [0.5, 0.6) is 11.5 Å². The maximum atomic E-state index is 6.04. The molecule has 0 fully saturated rings. The maximum absolute atomic E-state index is 6.04. The largest absolute Gasteiger partial charge is 0.454 e. The SMILES string of the molecule is Cc1c(CC(C)(C)N)cc2c(c1Br)OCO2. The Bertz CT molecular complexity index is 424. The molecule has 0 radical (unpaired) electrons. The summed E-state index contributed by atoms with van der Waals surface area (Å²) in [6.07, 6.45) is 0.814. The van der Waals surface area contributed by atoms with E-state index in [-0.39, 0.29) is 5.54 Å². The van der Waals surface area contributed by atoms with Gasteiger partial charge in [-0.2, -0.15) is 0 Å². The van der Waals surface area contributed by atoms with Gasteiger partial charge < -0.3 is 15.2 Å². The summed E-state index contributed by atoms with van der Waals surface area (Å²) in [4.78, 5) is 0. The molecule has 1 aromatic rings. The van der Waals surface area contributed by atoms with Crippen molar-refractivity contribution in [3.05, 3.63) is 21.7 Å². The quantitative estimate of drug-likeness (QED) is 0.909. The lowest BCUT2D eigenvalue weighted by atomic mass is 9.93. The van der Waals surface area contributed by atoms with E-state index >= 15 is 0 Å². The number of nitrogens with two attached hydrogens (primary N) is 1. The second kappa shape index (κ2) is 3.93. The molecule has 0 unspecified atom stereocenters. The number of hydrogen-bond acceptors (Lipinski definition) is 3. The first-order valence-electron chi connectivity index (χ1n) is 5.25. The van der Waals surface area contributed by atoms with Gasteiger partial charge in [0.25, 0.3) is 0 Å². The molecule has 0 bridgehead atoms. The number of hydrogen-bond donors (Lipinski definition) is 1. The zero-order valence-corrected chi connectivity index (χ0v) is 11.3. The van der Waals surface area contributed by atoms with E-state index in [2.05, 4.69) is 22.9 Å². The smallest absolute Gasteiger partial charge is 0.231 e. The molecular weight excluding hydrogens is 270 g/mol. The van der Waals surface area contributed by atoms with Gasteiger partial charge in [0.2, 0.25) is 6.79 Å². The van der Waals surface area contributed by atoms with Gasteiger partial charge in [0.15, 0.2) is 11.5 Å². The number of fused-ring (bicyclic) bond motifs is 1. The standard InChI is InChI=1S/C12H16BrNO2/c1-7-8(5-12(2,3)14)4-9-11(10(7)13)16-6-15-9/h4H,5-6,14H2,1-3H3. The van der Waals surface area contributed by atoms with Gasteiger partial charge in [-0.1, -0.05) is 0 Å². The Labute approximate surface area is 104 Å². The predicted octanol–water partition coefficient (Wildman–Crippen LogP) is 2.77. The van der Waals surface area contributed by atoms with Gasteiger partial charge in [0.1, 0.15) is 0 Å². The van der Waals surface area contributed by atoms with Crippen LogP contribution in [0.3, 0.4) is 0 Å². The molecule has 0 aromatic heterocycles. The van der Waals surface area contributed by atoms with E-state index < -0.39 is 0 Å². The number of benzene rings is 1. The van der Waals surface area contributed by atoms with E-state index in [0.29, 0.717) is 6.79 Å². The normalized spacial score (nSPS) is 14.3. The molecule has 1 heterocycles. The topological polar surface area (TPSA) is 44.5 Å². The van der Waals surface area contributed by atoms with Crippen molar-refractivity contribution in [3.63, 3.8) is 0 Å². The van der Waals surface area contributed by atoms with Crippen molar-refractivity contribution in [1.82, 2.24) is 0 Å². The summed E-state index contributed by atoms with van der Waals surface area (Å²) in [5.74, 6) is 1.60. The molecule has 16 heavy (non-hydrogen) atoms. The van der Waals surface area contributed by atoms with Gasteiger partial charge >= 0.3 is 0 Å². The summed E-state index contributed by atoms with van der Waals surface area (Å²) in [5.41, 5.74) is 8.19. The molecule has 0 amide bonds. The monoisotopic (exact) mass is 285 g/mol. The molecule has 1 aliphatic rings. The fourth-order valence-electron chi connectivity index (χ4n) is 1.82. The van der Waals surface area contributed by atoms with Crippen molar-refractivity contribution in [2.75, 3.05) is 6.79 Å². The van der Waals surface area contributed by atoms with Gasteiger partial charge in [0, 0.05) is 5.54 Å². The highest BCUT2D eigenvalue weighted by molar-refractivity contribution is 9.10. The highest BCUT2D eigenvalue weighted by Gasteiger charge is 2.23. The minimum absolute atomic E-state index is 0.224. The Balaban J connectivity index is 2.44. The van der Waals surface area contributed by atoms with Crippen molar-refractivity contribution < 1.29 is 9.47 Å². The zero-order valence-electron chi connectivity index (χ0n) is 9.76. The van der Waals surface area contributed by atoms with Crippen LogP contribution in [0.4, 0.5) is 0 Å². The first-order chi connectivity index (χ1) is 7.38. The molecule has 2 N–H and O–H groups in total. The predicted molar refractivity (Wildman–Crippen MR) is 67.0 cm³/mol. The molecule has 0 saturated carbocycles. The van der Waals surface area contributed by atoms with Crippen LogP contribution in [0.1, 0.15) is 25.0 Å². The highest BCUT2D eigenvalue weighted by atomic mass is 79.9. The van der Waals surface area contributed by atoms with E-state index in [4.69, 9.17) is 15.2 Å². The van der Waals surface area contributed by atoms with Crippen LogP contribution in [-0.4, -0.2) is 12.3 Å². The molecular formula is C12H16BrNO2. The molecule has 2 rings (SSSR count). The Morgan fingerprint density at radius 2 is 2.12 bits per heavy atom. The number of ether oxygens (including phenoxy) is 2. The Hall–Kier alpha value is -0.740. The summed E-state index contributed by atoms with van der Waals surface area (Å²) < 4.78 is 11.8. The Kier molecular flexibility index (Phi) is 2.88. The van der Waals surface area contributed by atoms with Gasteiger partial charge in [-0.3, -0.25) is 0 Å². The maximum Gasteiger partial charge on any atom is 0.231 e. The third-order valence-electron chi connectivity index (χ3n) is 2.60. The zero-order chi connectivity index (χ0) is 11.9. The summed E-state index contributed by atoms with van der Waals surface area (Å²) >= 11 is 3.54. The number of rotatable bonds is 2. The summed E-state index contributed by atoms with van der Waals surface area (Å²) in [6, 6.07) is 2.02. The molecule has 4 heteroatoms. The van der Waals surface area contributed by atoms with E-state index in [1.54, 1.807) is 0 Å². The van der Waals surface area contributed by atoms with Crippen molar-refractivity contribution in [2.45, 2.75) is 32.7 Å². The fraction of sp³-hybridized carbons (Fsp3) is 0.500.